The van der Waals surface area contributed by atoms with Gasteiger partial charge in [-0.25, -0.2) is 0 Å². The summed E-state index contributed by atoms with van der Waals surface area (Å²) in [7, 11) is 0. The van der Waals surface area contributed by atoms with Crippen molar-refractivity contribution in [1.29, 1.82) is 0 Å². The number of carbonyl (C=O) groups excluding carboxylic acids is 2. The van der Waals surface area contributed by atoms with Crippen LogP contribution in [-0.4, -0.2) is 25.4 Å². The highest BCUT2D eigenvalue weighted by atomic mass is 79.9. The standard InChI is InChI=1S/C18H15BrF3NO4/c1-2-26-15-7-11(9-24)6-14(19)17(15)27-10-16(25)23-13-5-3-4-12(8-13)18(20,21)22/h3-9H,2,10H2,1H3,(H,23,25). The number of halogens is 4. The molecule has 2 rings (SSSR count). The van der Waals surface area contributed by atoms with Crippen molar-refractivity contribution >= 4 is 33.8 Å². The Labute approximate surface area is 161 Å². The summed E-state index contributed by atoms with van der Waals surface area (Å²) in [5.74, 6) is -0.175. The van der Waals surface area contributed by atoms with Gasteiger partial charge in [0.15, 0.2) is 18.1 Å². The summed E-state index contributed by atoms with van der Waals surface area (Å²) < 4.78 is 49.4. The zero-order valence-electron chi connectivity index (χ0n) is 14.1. The van der Waals surface area contributed by atoms with Gasteiger partial charge in [0, 0.05) is 11.3 Å². The summed E-state index contributed by atoms with van der Waals surface area (Å²) in [6.07, 6.45) is -3.87. The Hall–Kier alpha value is -2.55. The Kier molecular flexibility index (Phi) is 6.84. The maximum absolute atomic E-state index is 12.7. The fraction of sp³-hybridized carbons (Fsp3) is 0.222. The molecule has 0 radical (unpaired) electrons. The largest absolute Gasteiger partial charge is 0.490 e. The number of ether oxygens (including phenoxy) is 2. The predicted molar refractivity (Wildman–Crippen MR) is 96.3 cm³/mol. The molecular weight excluding hydrogens is 431 g/mol. The zero-order valence-corrected chi connectivity index (χ0v) is 15.7. The topological polar surface area (TPSA) is 64.6 Å². The fourth-order valence-corrected chi connectivity index (χ4v) is 2.74. The van der Waals surface area contributed by atoms with Crippen molar-refractivity contribution in [2.75, 3.05) is 18.5 Å². The van der Waals surface area contributed by atoms with E-state index in [1.807, 2.05) is 0 Å². The first kappa shape index (κ1) is 20.8. The Morgan fingerprint density at radius 1 is 1.22 bits per heavy atom. The third kappa shape index (κ3) is 5.72. The highest BCUT2D eigenvalue weighted by Crippen LogP contribution is 2.36. The second-order valence-electron chi connectivity index (χ2n) is 5.30. The summed E-state index contributed by atoms with van der Waals surface area (Å²) in [6, 6.07) is 7.23. The molecule has 0 saturated carbocycles. The Morgan fingerprint density at radius 3 is 2.59 bits per heavy atom. The smallest absolute Gasteiger partial charge is 0.416 e. The molecular formula is C18H15BrF3NO4. The normalized spacial score (nSPS) is 11.0. The van der Waals surface area contributed by atoms with Gasteiger partial charge in [0.05, 0.1) is 16.6 Å². The van der Waals surface area contributed by atoms with Crippen LogP contribution in [0.4, 0.5) is 18.9 Å². The molecule has 27 heavy (non-hydrogen) atoms. The first-order chi connectivity index (χ1) is 12.7. The van der Waals surface area contributed by atoms with Crippen molar-refractivity contribution in [2.24, 2.45) is 0 Å². The number of benzene rings is 2. The van der Waals surface area contributed by atoms with E-state index in [1.54, 1.807) is 6.92 Å². The van der Waals surface area contributed by atoms with Crippen molar-refractivity contribution in [3.8, 4) is 11.5 Å². The minimum atomic E-state index is -4.51. The second-order valence-corrected chi connectivity index (χ2v) is 6.15. The summed E-state index contributed by atoms with van der Waals surface area (Å²) >= 11 is 3.24. The van der Waals surface area contributed by atoms with Crippen molar-refractivity contribution in [3.63, 3.8) is 0 Å². The quantitative estimate of drug-likeness (QED) is 0.627. The van der Waals surface area contributed by atoms with Gasteiger partial charge in [0.2, 0.25) is 0 Å². The molecule has 0 aliphatic heterocycles. The molecule has 0 atom stereocenters. The van der Waals surface area contributed by atoms with E-state index in [0.29, 0.717) is 22.9 Å². The molecule has 0 spiro atoms. The highest BCUT2D eigenvalue weighted by molar-refractivity contribution is 9.10. The monoisotopic (exact) mass is 445 g/mol. The lowest BCUT2D eigenvalue weighted by Gasteiger charge is -2.14. The highest BCUT2D eigenvalue weighted by Gasteiger charge is 2.30. The van der Waals surface area contributed by atoms with Gasteiger partial charge >= 0.3 is 6.18 Å². The van der Waals surface area contributed by atoms with Gasteiger partial charge in [-0.3, -0.25) is 9.59 Å². The molecule has 0 aliphatic rings. The van der Waals surface area contributed by atoms with E-state index in [0.717, 1.165) is 12.1 Å². The van der Waals surface area contributed by atoms with Crippen molar-refractivity contribution < 1.29 is 32.2 Å². The van der Waals surface area contributed by atoms with E-state index in [9.17, 15) is 22.8 Å². The number of carbonyl (C=O) groups is 2. The minimum absolute atomic E-state index is 0.00109. The van der Waals surface area contributed by atoms with Gasteiger partial charge in [0.25, 0.3) is 5.91 Å². The number of anilines is 1. The molecule has 2 aromatic rings. The summed E-state index contributed by atoms with van der Waals surface area (Å²) in [4.78, 5) is 23.0. The van der Waals surface area contributed by atoms with E-state index in [-0.39, 0.29) is 17.2 Å². The van der Waals surface area contributed by atoms with Gasteiger partial charge in [-0.15, -0.1) is 0 Å². The number of aldehydes is 1. The maximum Gasteiger partial charge on any atom is 0.416 e. The van der Waals surface area contributed by atoms with E-state index in [4.69, 9.17) is 9.47 Å². The number of hydrogen-bond acceptors (Lipinski definition) is 4. The molecule has 0 bridgehead atoms. The van der Waals surface area contributed by atoms with E-state index in [1.165, 1.54) is 24.3 Å². The fourth-order valence-electron chi connectivity index (χ4n) is 2.17. The number of rotatable bonds is 7. The Bertz CT molecular complexity index is 840. The molecule has 0 aromatic heterocycles. The van der Waals surface area contributed by atoms with Crippen LogP contribution < -0.4 is 14.8 Å². The van der Waals surface area contributed by atoms with E-state index in [2.05, 4.69) is 21.2 Å². The van der Waals surface area contributed by atoms with Crippen molar-refractivity contribution in [1.82, 2.24) is 0 Å². The van der Waals surface area contributed by atoms with E-state index >= 15 is 0 Å². The molecule has 5 nitrogen and oxygen atoms in total. The Morgan fingerprint density at radius 2 is 1.96 bits per heavy atom. The minimum Gasteiger partial charge on any atom is -0.490 e. The zero-order chi connectivity index (χ0) is 20.0. The van der Waals surface area contributed by atoms with Crippen LogP contribution in [0.15, 0.2) is 40.9 Å². The molecule has 0 heterocycles. The Balaban J connectivity index is 2.09. The van der Waals surface area contributed by atoms with Crippen molar-refractivity contribution in [2.45, 2.75) is 13.1 Å². The van der Waals surface area contributed by atoms with E-state index < -0.39 is 24.3 Å². The number of hydrogen-bond donors (Lipinski definition) is 1. The van der Waals surface area contributed by atoms with Crippen LogP contribution in [0.25, 0.3) is 0 Å². The summed E-state index contributed by atoms with van der Waals surface area (Å²) in [6.45, 7) is 1.59. The molecule has 0 fully saturated rings. The van der Waals surface area contributed by atoms with Gasteiger partial charge in [-0.1, -0.05) is 6.07 Å². The van der Waals surface area contributed by atoms with Crippen LogP contribution in [0.2, 0.25) is 0 Å². The van der Waals surface area contributed by atoms with Crippen LogP contribution >= 0.6 is 15.9 Å². The number of alkyl halides is 3. The van der Waals surface area contributed by atoms with Crippen LogP contribution in [0.3, 0.4) is 0 Å². The molecule has 9 heteroatoms. The molecule has 1 N–H and O–H groups in total. The molecule has 0 saturated heterocycles. The molecule has 144 valence electrons. The lowest BCUT2D eigenvalue weighted by Crippen LogP contribution is -2.21. The first-order valence-corrected chi connectivity index (χ1v) is 8.55. The van der Waals surface area contributed by atoms with Crippen LogP contribution in [-0.2, 0) is 11.0 Å². The van der Waals surface area contributed by atoms with Gasteiger partial charge in [-0.05, 0) is 53.2 Å². The third-order valence-electron chi connectivity index (χ3n) is 3.29. The van der Waals surface area contributed by atoms with Gasteiger partial charge < -0.3 is 14.8 Å². The van der Waals surface area contributed by atoms with Crippen LogP contribution in [0.1, 0.15) is 22.8 Å². The maximum atomic E-state index is 12.7. The van der Waals surface area contributed by atoms with Gasteiger partial charge in [-0.2, -0.15) is 13.2 Å². The predicted octanol–water partition coefficient (Wildman–Crippen LogP) is 4.70. The lowest BCUT2D eigenvalue weighted by molar-refractivity contribution is -0.137. The van der Waals surface area contributed by atoms with Crippen LogP contribution in [0, 0.1) is 0 Å². The molecule has 0 aliphatic carbocycles. The summed E-state index contributed by atoms with van der Waals surface area (Å²) in [5, 5.41) is 2.34. The summed E-state index contributed by atoms with van der Waals surface area (Å²) in [5.41, 5.74) is -0.517. The number of amides is 1. The van der Waals surface area contributed by atoms with Crippen LogP contribution in [0.5, 0.6) is 11.5 Å². The van der Waals surface area contributed by atoms with Gasteiger partial charge in [0.1, 0.15) is 6.29 Å². The number of nitrogens with one attached hydrogen (secondary N) is 1. The third-order valence-corrected chi connectivity index (χ3v) is 3.88. The average molecular weight is 446 g/mol. The average Bonchev–Trinajstić information content (AvgIpc) is 2.60. The lowest BCUT2D eigenvalue weighted by atomic mass is 10.2. The SMILES string of the molecule is CCOc1cc(C=O)cc(Br)c1OCC(=O)Nc1cccc(C(F)(F)F)c1. The second kappa shape index (κ2) is 8.90. The molecule has 2 aromatic carbocycles. The molecule has 1 amide bonds. The van der Waals surface area contributed by atoms with Crippen molar-refractivity contribution in [3.05, 3.63) is 52.0 Å². The molecule has 0 unspecified atom stereocenters. The first-order valence-electron chi connectivity index (χ1n) is 7.76.